The van der Waals surface area contributed by atoms with Gasteiger partial charge in [0, 0.05) is 13.7 Å². The molecule has 0 aliphatic rings. The summed E-state index contributed by atoms with van der Waals surface area (Å²) in [4.78, 5) is 0. The van der Waals surface area contributed by atoms with E-state index in [4.69, 9.17) is 4.74 Å². The molecule has 0 fully saturated rings. The Kier molecular flexibility index (Phi) is 10.7. The predicted molar refractivity (Wildman–Crippen MR) is 77.9 cm³/mol. The highest BCUT2D eigenvalue weighted by Gasteiger charge is 2.08. The molecule has 0 saturated carbocycles. The number of aliphatic hydroxyl groups is 1. The summed E-state index contributed by atoms with van der Waals surface area (Å²) in [6.45, 7) is 9.67. The second kappa shape index (κ2) is 10.8. The molecule has 0 aromatic carbocycles. The van der Waals surface area contributed by atoms with Gasteiger partial charge in [-0.2, -0.15) is 0 Å². The van der Waals surface area contributed by atoms with Gasteiger partial charge >= 0.3 is 0 Å². The fraction of sp³-hybridized carbons (Fsp3) is 1.00. The lowest BCUT2D eigenvalue weighted by Crippen LogP contribution is -2.27. The third-order valence-electron chi connectivity index (χ3n) is 2.93. The van der Waals surface area contributed by atoms with Crippen LogP contribution in [0.5, 0.6) is 0 Å². The zero-order valence-electron chi connectivity index (χ0n) is 12.8. The first-order valence-electron chi connectivity index (χ1n) is 7.33. The van der Waals surface area contributed by atoms with Crippen molar-refractivity contribution < 1.29 is 9.84 Å². The summed E-state index contributed by atoms with van der Waals surface area (Å²) in [5, 5.41) is 13.2. The van der Waals surface area contributed by atoms with Crippen molar-refractivity contribution >= 4 is 0 Å². The monoisotopic (exact) mass is 259 g/mol. The van der Waals surface area contributed by atoms with Crippen LogP contribution < -0.4 is 5.32 Å². The zero-order valence-corrected chi connectivity index (χ0v) is 12.8. The molecule has 0 aliphatic carbocycles. The molecule has 3 nitrogen and oxygen atoms in total. The summed E-state index contributed by atoms with van der Waals surface area (Å²) < 4.78 is 4.97. The maximum Gasteiger partial charge on any atom is 0.0541 e. The number of aliphatic hydroxyl groups excluding tert-OH is 1. The average molecular weight is 259 g/mol. The Morgan fingerprint density at radius 2 is 1.72 bits per heavy atom. The molecule has 0 amide bonds. The van der Waals surface area contributed by atoms with Crippen molar-refractivity contribution in [3.63, 3.8) is 0 Å². The van der Waals surface area contributed by atoms with Gasteiger partial charge in [0.25, 0.3) is 0 Å². The highest BCUT2D eigenvalue weighted by molar-refractivity contribution is 4.64. The van der Waals surface area contributed by atoms with Crippen molar-refractivity contribution in [2.75, 3.05) is 26.8 Å². The van der Waals surface area contributed by atoms with Gasteiger partial charge < -0.3 is 15.2 Å². The third-order valence-corrected chi connectivity index (χ3v) is 2.93. The van der Waals surface area contributed by atoms with Gasteiger partial charge in [0.2, 0.25) is 0 Å². The Hall–Kier alpha value is -0.120. The van der Waals surface area contributed by atoms with E-state index in [1.54, 1.807) is 7.11 Å². The van der Waals surface area contributed by atoms with Gasteiger partial charge in [-0.3, -0.25) is 0 Å². The van der Waals surface area contributed by atoms with Crippen LogP contribution in [0.25, 0.3) is 0 Å². The number of unbranched alkanes of at least 4 members (excludes halogenated alkanes) is 2. The molecule has 1 atom stereocenters. The average Bonchev–Trinajstić information content (AvgIpc) is 2.26. The lowest BCUT2D eigenvalue weighted by molar-refractivity contribution is 0.126. The van der Waals surface area contributed by atoms with Crippen molar-refractivity contribution in [3.05, 3.63) is 0 Å². The smallest absolute Gasteiger partial charge is 0.0541 e. The number of hydrogen-bond donors (Lipinski definition) is 2. The minimum atomic E-state index is -0.136. The Bertz CT molecular complexity index is 178. The predicted octanol–water partition coefficient (Wildman–Crippen LogP) is 2.97. The lowest BCUT2D eigenvalue weighted by atomic mass is 9.97. The van der Waals surface area contributed by atoms with E-state index in [0.29, 0.717) is 5.41 Å². The Labute approximate surface area is 113 Å². The first-order valence-corrected chi connectivity index (χ1v) is 7.33. The maximum atomic E-state index is 9.71. The highest BCUT2D eigenvalue weighted by atomic mass is 16.5. The molecule has 0 rings (SSSR count). The Morgan fingerprint density at radius 1 is 1.06 bits per heavy atom. The Morgan fingerprint density at radius 3 is 2.33 bits per heavy atom. The van der Waals surface area contributed by atoms with Crippen LogP contribution in [-0.2, 0) is 4.74 Å². The minimum absolute atomic E-state index is 0.136. The summed E-state index contributed by atoms with van der Waals surface area (Å²) >= 11 is 0. The first-order chi connectivity index (χ1) is 8.45. The number of rotatable bonds is 11. The molecule has 0 bridgehead atoms. The molecule has 3 heteroatoms. The molecule has 0 radical (unpaired) electrons. The van der Waals surface area contributed by atoms with E-state index in [9.17, 15) is 5.11 Å². The van der Waals surface area contributed by atoms with E-state index in [1.165, 1.54) is 12.8 Å². The van der Waals surface area contributed by atoms with Crippen molar-refractivity contribution in [2.24, 2.45) is 5.41 Å². The fourth-order valence-corrected chi connectivity index (χ4v) is 1.88. The van der Waals surface area contributed by atoms with E-state index in [0.717, 1.165) is 45.4 Å². The van der Waals surface area contributed by atoms with E-state index in [-0.39, 0.29) is 6.10 Å². The standard InChI is InChI=1S/C15H33NO2/c1-15(2,3)13-16-11-7-5-6-9-14(17)10-8-12-18-4/h14,16-17H,5-13H2,1-4H3/t14-/m0/s1. The van der Waals surface area contributed by atoms with Gasteiger partial charge in [-0.05, 0) is 44.2 Å². The molecule has 0 aromatic rings. The van der Waals surface area contributed by atoms with E-state index < -0.39 is 0 Å². The molecule has 18 heavy (non-hydrogen) atoms. The van der Waals surface area contributed by atoms with Crippen LogP contribution in [0.3, 0.4) is 0 Å². The summed E-state index contributed by atoms with van der Waals surface area (Å²) in [7, 11) is 1.71. The number of nitrogens with one attached hydrogen (secondary N) is 1. The van der Waals surface area contributed by atoms with E-state index in [1.807, 2.05) is 0 Å². The molecular formula is C15H33NO2. The zero-order chi connectivity index (χ0) is 13.9. The SMILES string of the molecule is COCCC[C@@H](O)CCCCCNCC(C)(C)C. The van der Waals surface area contributed by atoms with Gasteiger partial charge in [0.05, 0.1) is 6.10 Å². The normalized spacial score (nSPS) is 13.8. The second-order valence-electron chi connectivity index (χ2n) is 6.38. The fourth-order valence-electron chi connectivity index (χ4n) is 1.88. The van der Waals surface area contributed by atoms with Gasteiger partial charge in [-0.1, -0.05) is 33.6 Å². The van der Waals surface area contributed by atoms with Crippen LogP contribution in [-0.4, -0.2) is 38.0 Å². The van der Waals surface area contributed by atoms with Gasteiger partial charge in [0.1, 0.15) is 0 Å². The Balaban J connectivity index is 3.20. The van der Waals surface area contributed by atoms with Crippen molar-refractivity contribution in [1.82, 2.24) is 5.32 Å². The van der Waals surface area contributed by atoms with Crippen LogP contribution >= 0.6 is 0 Å². The number of methoxy groups -OCH3 is 1. The lowest BCUT2D eigenvalue weighted by Gasteiger charge is -2.18. The third kappa shape index (κ3) is 13.9. The topological polar surface area (TPSA) is 41.5 Å². The molecule has 0 unspecified atom stereocenters. The highest BCUT2D eigenvalue weighted by Crippen LogP contribution is 2.11. The quantitative estimate of drug-likeness (QED) is 0.561. The molecule has 0 aliphatic heterocycles. The van der Waals surface area contributed by atoms with E-state index in [2.05, 4.69) is 26.1 Å². The van der Waals surface area contributed by atoms with Crippen molar-refractivity contribution in [3.8, 4) is 0 Å². The maximum absolute atomic E-state index is 9.71. The minimum Gasteiger partial charge on any atom is -0.393 e. The molecule has 2 N–H and O–H groups in total. The molecule has 0 heterocycles. The van der Waals surface area contributed by atoms with Gasteiger partial charge in [-0.25, -0.2) is 0 Å². The van der Waals surface area contributed by atoms with Crippen LogP contribution in [0, 0.1) is 5.41 Å². The molecular weight excluding hydrogens is 226 g/mol. The molecule has 0 aromatic heterocycles. The molecule has 0 saturated heterocycles. The van der Waals surface area contributed by atoms with Crippen molar-refractivity contribution in [2.45, 2.75) is 65.4 Å². The van der Waals surface area contributed by atoms with Crippen LogP contribution in [0.2, 0.25) is 0 Å². The van der Waals surface area contributed by atoms with Crippen molar-refractivity contribution in [1.29, 1.82) is 0 Å². The summed E-state index contributed by atoms with van der Waals surface area (Å²) in [6, 6.07) is 0. The number of ether oxygens (including phenoxy) is 1. The van der Waals surface area contributed by atoms with Crippen LogP contribution in [0.1, 0.15) is 59.3 Å². The summed E-state index contributed by atoms with van der Waals surface area (Å²) in [6.07, 6.45) is 6.18. The largest absolute Gasteiger partial charge is 0.393 e. The second-order valence-corrected chi connectivity index (χ2v) is 6.38. The molecule has 110 valence electrons. The van der Waals surface area contributed by atoms with Crippen LogP contribution in [0.4, 0.5) is 0 Å². The van der Waals surface area contributed by atoms with Gasteiger partial charge in [0.15, 0.2) is 0 Å². The van der Waals surface area contributed by atoms with Crippen LogP contribution in [0.15, 0.2) is 0 Å². The van der Waals surface area contributed by atoms with Gasteiger partial charge in [-0.15, -0.1) is 0 Å². The van der Waals surface area contributed by atoms with E-state index >= 15 is 0 Å². The number of hydrogen-bond acceptors (Lipinski definition) is 3. The summed E-state index contributed by atoms with van der Waals surface area (Å²) in [5.74, 6) is 0. The molecule has 0 spiro atoms. The first kappa shape index (κ1) is 17.9. The summed E-state index contributed by atoms with van der Waals surface area (Å²) in [5.41, 5.74) is 0.373.